The van der Waals surface area contributed by atoms with Crippen LogP contribution in [0.2, 0.25) is 5.02 Å². The maximum Gasteiger partial charge on any atom is 0.223 e. The molecule has 0 spiro atoms. The van der Waals surface area contributed by atoms with Crippen molar-refractivity contribution >= 4 is 17.5 Å². The molecule has 3 nitrogen and oxygen atoms in total. The number of aliphatic hydroxyl groups is 1. The van der Waals surface area contributed by atoms with Crippen molar-refractivity contribution in [3.8, 4) is 0 Å². The fourth-order valence-electron chi connectivity index (χ4n) is 2.03. The highest BCUT2D eigenvalue weighted by Crippen LogP contribution is 2.26. The van der Waals surface area contributed by atoms with Gasteiger partial charge < -0.3 is 10.4 Å². The van der Waals surface area contributed by atoms with Crippen molar-refractivity contribution in [3.63, 3.8) is 0 Å². The molecule has 1 aromatic rings. The second-order valence-corrected chi connectivity index (χ2v) is 5.21. The van der Waals surface area contributed by atoms with Gasteiger partial charge in [0.15, 0.2) is 0 Å². The van der Waals surface area contributed by atoms with Crippen LogP contribution in [0.4, 0.5) is 0 Å². The van der Waals surface area contributed by atoms with Gasteiger partial charge in [-0.15, -0.1) is 0 Å². The van der Waals surface area contributed by atoms with E-state index in [1.165, 1.54) is 0 Å². The number of hydrogen-bond donors (Lipinski definition) is 2. The summed E-state index contributed by atoms with van der Waals surface area (Å²) in [6, 6.07) is 7.17. The molecule has 0 radical (unpaired) electrons. The van der Waals surface area contributed by atoms with Gasteiger partial charge in [-0.2, -0.15) is 0 Å². The number of rotatable bonds is 5. The minimum Gasteiger partial charge on any atom is -0.388 e. The molecular formula is C14H18ClNO2. The van der Waals surface area contributed by atoms with Crippen LogP contribution in [0.5, 0.6) is 0 Å². The molecule has 18 heavy (non-hydrogen) atoms. The van der Waals surface area contributed by atoms with Crippen LogP contribution in [0.1, 0.15) is 37.4 Å². The molecule has 0 aliphatic heterocycles. The Kier molecular flexibility index (Phi) is 4.61. The van der Waals surface area contributed by atoms with E-state index in [0.29, 0.717) is 18.0 Å². The zero-order valence-electron chi connectivity index (χ0n) is 10.2. The number of carbonyl (C=O) groups is 1. The first-order valence-electron chi connectivity index (χ1n) is 6.38. The lowest BCUT2D eigenvalue weighted by Crippen LogP contribution is -2.35. The summed E-state index contributed by atoms with van der Waals surface area (Å²) in [5, 5.41) is 13.4. The Labute approximate surface area is 112 Å². The van der Waals surface area contributed by atoms with Gasteiger partial charge in [0.25, 0.3) is 0 Å². The second kappa shape index (κ2) is 6.21. The first-order chi connectivity index (χ1) is 8.66. The molecule has 1 fully saturated rings. The van der Waals surface area contributed by atoms with Gasteiger partial charge in [0.2, 0.25) is 5.91 Å². The monoisotopic (exact) mass is 267 g/mol. The van der Waals surface area contributed by atoms with E-state index in [9.17, 15) is 9.90 Å². The highest BCUT2D eigenvalue weighted by molar-refractivity contribution is 6.30. The number of carbonyl (C=O) groups excluding carboxylic acids is 1. The molecule has 0 saturated heterocycles. The predicted octanol–water partition coefficient (Wildman–Crippen LogP) is 2.68. The molecule has 1 aliphatic rings. The molecular weight excluding hydrogens is 250 g/mol. The molecule has 2 N–H and O–H groups in total. The summed E-state index contributed by atoms with van der Waals surface area (Å²) >= 11 is 5.86. The van der Waals surface area contributed by atoms with Crippen molar-refractivity contribution in [1.29, 1.82) is 0 Å². The number of amides is 1. The van der Waals surface area contributed by atoms with Crippen molar-refractivity contribution in [2.24, 2.45) is 5.92 Å². The molecule has 0 heterocycles. The van der Waals surface area contributed by atoms with E-state index in [0.717, 1.165) is 24.8 Å². The molecule has 1 saturated carbocycles. The average molecular weight is 268 g/mol. The molecule has 1 aromatic carbocycles. The van der Waals surface area contributed by atoms with Crippen molar-refractivity contribution in [3.05, 3.63) is 34.9 Å². The van der Waals surface area contributed by atoms with Gasteiger partial charge in [-0.1, -0.05) is 30.2 Å². The quantitative estimate of drug-likeness (QED) is 0.862. The number of hydrogen-bond acceptors (Lipinski definition) is 2. The van der Waals surface area contributed by atoms with Crippen molar-refractivity contribution in [1.82, 2.24) is 5.32 Å². The Morgan fingerprint density at radius 2 is 2.28 bits per heavy atom. The summed E-state index contributed by atoms with van der Waals surface area (Å²) in [6.07, 6.45) is 3.10. The lowest BCUT2D eigenvalue weighted by atomic mass is 9.85. The Morgan fingerprint density at radius 1 is 1.50 bits per heavy atom. The number of aliphatic hydroxyl groups excluding tert-OH is 1. The van der Waals surface area contributed by atoms with Crippen molar-refractivity contribution in [2.75, 3.05) is 6.54 Å². The van der Waals surface area contributed by atoms with Crippen LogP contribution in [0.25, 0.3) is 0 Å². The van der Waals surface area contributed by atoms with Crippen LogP contribution in [0, 0.1) is 5.92 Å². The molecule has 2 rings (SSSR count). The number of benzene rings is 1. The van der Waals surface area contributed by atoms with Crippen LogP contribution in [0.3, 0.4) is 0 Å². The van der Waals surface area contributed by atoms with Crippen LogP contribution in [-0.2, 0) is 4.79 Å². The molecule has 98 valence electrons. The topological polar surface area (TPSA) is 49.3 Å². The Bertz CT molecular complexity index is 418. The molecule has 0 unspecified atom stereocenters. The largest absolute Gasteiger partial charge is 0.388 e. The maximum atomic E-state index is 11.6. The smallest absolute Gasteiger partial charge is 0.223 e. The van der Waals surface area contributed by atoms with Gasteiger partial charge in [-0.05, 0) is 37.0 Å². The summed E-state index contributed by atoms with van der Waals surface area (Å²) in [5.74, 6) is 0.327. The maximum absolute atomic E-state index is 11.6. The van der Waals surface area contributed by atoms with Crippen LogP contribution >= 0.6 is 11.6 Å². The summed E-state index contributed by atoms with van der Waals surface area (Å²) in [6.45, 7) is 0.503. The average Bonchev–Trinajstić information content (AvgIpc) is 2.26. The van der Waals surface area contributed by atoms with Gasteiger partial charge in [0.1, 0.15) is 0 Å². The minimum absolute atomic E-state index is 0.125. The van der Waals surface area contributed by atoms with E-state index in [-0.39, 0.29) is 11.8 Å². The van der Waals surface area contributed by atoms with Crippen LogP contribution in [0.15, 0.2) is 24.3 Å². The van der Waals surface area contributed by atoms with E-state index >= 15 is 0 Å². The van der Waals surface area contributed by atoms with Crippen molar-refractivity contribution < 1.29 is 9.90 Å². The fraction of sp³-hybridized carbons (Fsp3) is 0.500. The Hall–Kier alpha value is -1.06. The zero-order valence-corrected chi connectivity index (χ0v) is 11.0. The van der Waals surface area contributed by atoms with E-state index in [4.69, 9.17) is 11.6 Å². The third-order valence-electron chi connectivity index (χ3n) is 3.43. The summed E-state index contributed by atoms with van der Waals surface area (Å²) in [4.78, 5) is 11.6. The first kappa shape index (κ1) is 13.4. The van der Waals surface area contributed by atoms with Gasteiger partial charge >= 0.3 is 0 Å². The molecule has 0 bridgehead atoms. The first-order valence-corrected chi connectivity index (χ1v) is 6.76. The highest BCUT2D eigenvalue weighted by atomic mass is 35.5. The lowest BCUT2D eigenvalue weighted by molar-refractivity contribution is -0.127. The molecule has 1 amide bonds. The summed E-state index contributed by atoms with van der Waals surface area (Å²) < 4.78 is 0. The number of halogens is 1. The molecule has 4 heteroatoms. The Balaban J connectivity index is 1.74. The third-order valence-corrected chi connectivity index (χ3v) is 3.66. The van der Waals surface area contributed by atoms with E-state index in [1.807, 2.05) is 12.1 Å². The van der Waals surface area contributed by atoms with Crippen LogP contribution < -0.4 is 5.32 Å². The standard InChI is InChI=1S/C14H18ClNO2/c15-12-6-2-5-11(9-12)13(17)7-8-16-14(18)10-3-1-4-10/h2,5-6,9-10,13,17H,1,3-4,7-8H2,(H,16,18)/t13-/m0/s1. The van der Waals surface area contributed by atoms with E-state index in [1.54, 1.807) is 12.1 Å². The summed E-state index contributed by atoms with van der Waals surface area (Å²) in [5.41, 5.74) is 0.792. The van der Waals surface area contributed by atoms with Gasteiger partial charge in [0.05, 0.1) is 6.10 Å². The predicted molar refractivity (Wildman–Crippen MR) is 71.4 cm³/mol. The molecule has 1 atom stereocenters. The summed E-state index contributed by atoms with van der Waals surface area (Å²) in [7, 11) is 0. The SMILES string of the molecule is O=C(NCC[C@H](O)c1cccc(Cl)c1)C1CCC1. The van der Waals surface area contributed by atoms with Crippen molar-refractivity contribution in [2.45, 2.75) is 31.8 Å². The molecule has 1 aliphatic carbocycles. The lowest BCUT2D eigenvalue weighted by Gasteiger charge is -2.24. The Morgan fingerprint density at radius 3 is 2.89 bits per heavy atom. The fourth-order valence-corrected chi connectivity index (χ4v) is 2.23. The normalized spacial score (nSPS) is 17.0. The highest BCUT2D eigenvalue weighted by Gasteiger charge is 2.24. The van der Waals surface area contributed by atoms with Gasteiger partial charge in [-0.25, -0.2) is 0 Å². The van der Waals surface area contributed by atoms with Gasteiger partial charge in [0, 0.05) is 17.5 Å². The van der Waals surface area contributed by atoms with E-state index in [2.05, 4.69) is 5.32 Å². The zero-order chi connectivity index (χ0) is 13.0. The second-order valence-electron chi connectivity index (χ2n) is 4.78. The van der Waals surface area contributed by atoms with E-state index < -0.39 is 6.10 Å². The number of nitrogens with one attached hydrogen (secondary N) is 1. The molecule has 0 aromatic heterocycles. The minimum atomic E-state index is -0.578. The van der Waals surface area contributed by atoms with Crippen LogP contribution in [-0.4, -0.2) is 17.6 Å². The third kappa shape index (κ3) is 3.47. The van der Waals surface area contributed by atoms with Gasteiger partial charge in [-0.3, -0.25) is 4.79 Å².